The summed E-state index contributed by atoms with van der Waals surface area (Å²) < 4.78 is 14.4. The third-order valence-electron chi connectivity index (χ3n) is 8.91. The van der Waals surface area contributed by atoms with Gasteiger partial charge < -0.3 is 15.1 Å². The van der Waals surface area contributed by atoms with Crippen LogP contribution in [0.4, 0.5) is 15.0 Å². The van der Waals surface area contributed by atoms with Crippen molar-refractivity contribution in [1.29, 1.82) is 0 Å². The van der Waals surface area contributed by atoms with E-state index in [1.54, 1.807) is 6.07 Å². The Morgan fingerprint density at radius 3 is 2.26 bits per heavy atom. The number of carbonyl (C=O) groups excluding carboxylic acids is 1. The monoisotopic (exact) mass is 477 g/mol. The van der Waals surface area contributed by atoms with Crippen molar-refractivity contribution in [3.05, 3.63) is 52.7 Å². The lowest BCUT2D eigenvalue weighted by Crippen LogP contribution is -2.63. The molecule has 35 heavy (non-hydrogen) atoms. The van der Waals surface area contributed by atoms with Crippen LogP contribution >= 0.6 is 0 Å². The highest BCUT2D eigenvalue weighted by Gasteiger charge is 2.51. The molecule has 7 heteroatoms. The van der Waals surface area contributed by atoms with Gasteiger partial charge in [-0.3, -0.25) is 0 Å². The Hall–Kier alpha value is -2.70. The van der Waals surface area contributed by atoms with E-state index in [4.69, 9.17) is 4.98 Å². The first-order valence-corrected chi connectivity index (χ1v) is 13.3. The molecule has 1 saturated heterocycles. The lowest BCUT2D eigenvalue weighted by Gasteiger charge is -2.57. The maximum Gasteiger partial charge on any atom is 0.317 e. The molecule has 2 aromatic rings. The summed E-state index contributed by atoms with van der Waals surface area (Å²) in [7, 11) is 0. The molecule has 5 aliphatic rings. The van der Waals surface area contributed by atoms with Crippen LogP contribution in [-0.2, 0) is 6.42 Å². The molecular weight excluding hydrogens is 441 g/mol. The summed E-state index contributed by atoms with van der Waals surface area (Å²) in [6.07, 6.45) is 8.10. The third kappa shape index (κ3) is 4.38. The number of amides is 2. The van der Waals surface area contributed by atoms with Crippen molar-refractivity contribution >= 4 is 11.8 Å². The van der Waals surface area contributed by atoms with Crippen LogP contribution in [-0.4, -0.2) is 52.6 Å². The van der Waals surface area contributed by atoms with Crippen molar-refractivity contribution in [1.82, 2.24) is 20.2 Å². The van der Waals surface area contributed by atoms with E-state index in [-0.39, 0.29) is 17.4 Å². The first kappa shape index (κ1) is 22.7. The molecule has 1 aliphatic heterocycles. The maximum absolute atomic E-state index is 14.4. The van der Waals surface area contributed by atoms with E-state index >= 15 is 0 Å². The Labute approximate surface area is 207 Å². The summed E-state index contributed by atoms with van der Waals surface area (Å²) in [5.74, 6) is 3.84. The highest BCUT2D eigenvalue weighted by molar-refractivity contribution is 5.75. The molecule has 6 nitrogen and oxygen atoms in total. The zero-order chi connectivity index (χ0) is 24.2. The van der Waals surface area contributed by atoms with Gasteiger partial charge in [-0.15, -0.1) is 0 Å². The van der Waals surface area contributed by atoms with Crippen molar-refractivity contribution in [2.45, 2.75) is 64.3 Å². The van der Waals surface area contributed by atoms with Crippen LogP contribution in [0.5, 0.6) is 0 Å². The fraction of sp³-hybridized carbons (Fsp3) is 0.607. The van der Waals surface area contributed by atoms with E-state index in [9.17, 15) is 9.18 Å². The van der Waals surface area contributed by atoms with E-state index in [0.717, 1.165) is 40.7 Å². The molecular formula is C28H36FN5O. The van der Waals surface area contributed by atoms with Crippen LogP contribution in [0, 0.1) is 37.4 Å². The molecule has 1 aromatic heterocycles. The van der Waals surface area contributed by atoms with E-state index < -0.39 is 0 Å². The number of hydrogen-bond donors (Lipinski definition) is 1. The molecule has 1 aromatic carbocycles. The number of hydrogen-bond acceptors (Lipinski definition) is 4. The zero-order valence-electron chi connectivity index (χ0n) is 20.9. The van der Waals surface area contributed by atoms with Crippen LogP contribution in [0.1, 0.15) is 61.2 Å². The standard InChI is InChI=1S/C28H36FN5O/c1-18-24(14-23-5-3-4-6-25(23)29)26(31-19(2)30-18)33-7-9-34(10-8-33)27(35)32-28-15-20-11-21(16-28)13-22(12-20)17-28/h3-6,20-22H,7-17H2,1-2H3,(H,32,35). The van der Waals surface area contributed by atoms with Gasteiger partial charge in [0.1, 0.15) is 17.5 Å². The highest BCUT2D eigenvalue weighted by atomic mass is 19.1. The molecule has 4 aliphatic carbocycles. The van der Waals surface area contributed by atoms with Gasteiger partial charge in [-0.1, -0.05) is 18.2 Å². The zero-order valence-corrected chi connectivity index (χ0v) is 20.9. The Kier molecular flexibility index (Phi) is 5.69. The minimum absolute atomic E-state index is 0.0385. The van der Waals surface area contributed by atoms with Gasteiger partial charge in [0.25, 0.3) is 0 Å². The van der Waals surface area contributed by atoms with Gasteiger partial charge in [-0.2, -0.15) is 0 Å². The van der Waals surface area contributed by atoms with Crippen molar-refractivity contribution in [2.75, 3.05) is 31.1 Å². The number of aromatic nitrogens is 2. The smallest absolute Gasteiger partial charge is 0.317 e. The average molecular weight is 478 g/mol. The predicted molar refractivity (Wildman–Crippen MR) is 134 cm³/mol. The first-order valence-electron chi connectivity index (χ1n) is 13.3. The van der Waals surface area contributed by atoms with Gasteiger partial charge in [0.2, 0.25) is 0 Å². The van der Waals surface area contributed by atoms with E-state index in [0.29, 0.717) is 38.2 Å². The van der Waals surface area contributed by atoms with Crippen molar-refractivity contribution in [2.24, 2.45) is 17.8 Å². The van der Waals surface area contributed by atoms with Gasteiger partial charge >= 0.3 is 6.03 Å². The van der Waals surface area contributed by atoms with Gasteiger partial charge in [-0.05, 0) is 81.8 Å². The summed E-state index contributed by atoms with van der Waals surface area (Å²) in [6, 6.07) is 7.01. The van der Waals surface area contributed by atoms with Crippen LogP contribution in [0.2, 0.25) is 0 Å². The number of rotatable bonds is 4. The molecule has 1 N–H and O–H groups in total. The number of nitrogens with one attached hydrogen (secondary N) is 1. The molecule has 186 valence electrons. The molecule has 0 unspecified atom stereocenters. The Bertz CT molecular complexity index is 1090. The van der Waals surface area contributed by atoms with E-state index in [1.165, 1.54) is 44.6 Å². The predicted octanol–water partition coefficient (Wildman–Crippen LogP) is 4.62. The summed E-state index contributed by atoms with van der Waals surface area (Å²) in [5.41, 5.74) is 2.54. The van der Waals surface area contributed by atoms with E-state index in [1.807, 2.05) is 30.9 Å². The average Bonchev–Trinajstić information content (AvgIpc) is 2.81. The number of anilines is 1. The molecule has 5 fully saturated rings. The number of carbonyl (C=O) groups is 1. The topological polar surface area (TPSA) is 61.4 Å². The number of halogens is 1. The Balaban J connectivity index is 1.14. The SMILES string of the molecule is Cc1nc(C)c(Cc2ccccc2F)c(N2CCN(C(=O)NC34CC5CC(CC(C5)C3)C4)CC2)n1. The normalized spacial score (nSPS) is 29.5. The number of urea groups is 1. The number of benzene rings is 1. The second kappa shape index (κ2) is 8.75. The second-order valence-corrected chi connectivity index (χ2v) is 11.5. The lowest BCUT2D eigenvalue weighted by atomic mass is 9.53. The maximum atomic E-state index is 14.4. The molecule has 0 radical (unpaired) electrons. The summed E-state index contributed by atoms with van der Waals surface area (Å²) in [4.78, 5) is 26.9. The largest absolute Gasteiger partial charge is 0.353 e. The summed E-state index contributed by atoms with van der Waals surface area (Å²) in [5, 5.41) is 3.52. The van der Waals surface area contributed by atoms with Crippen LogP contribution in [0.3, 0.4) is 0 Å². The number of piperazine rings is 1. The quantitative estimate of drug-likeness (QED) is 0.698. The Morgan fingerprint density at radius 2 is 1.63 bits per heavy atom. The third-order valence-corrected chi connectivity index (χ3v) is 8.91. The minimum Gasteiger partial charge on any atom is -0.353 e. The minimum atomic E-state index is -0.204. The highest BCUT2D eigenvalue weighted by Crippen LogP contribution is 2.55. The van der Waals surface area contributed by atoms with Crippen LogP contribution in [0.25, 0.3) is 0 Å². The summed E-state index contributed by atoms with van der Waals surface area (Å²) >= 11 is 0. The van der Waals surface area contributed by atoms with Gasteiger partial charge in [0.05, 0.1) is 0 Å². The fourth-order valence-corrected chi connectivity index (χ4v) is 7.71. The fourth-order valence-electron chi connectivity index (χ4n) is 7.71. The first-order chi connectivity index (χ1) is 16.9. The van der Waals surface area contributed by atoms with Crippen molar-refractivity contribution in [3.63, 3.8) is 0 Å². The molecule has 4 saturated carbocycles. The molecule has 0 spiro atoms. The molecule has 4 bridgehead atoms. The number of nitrogens with zero attached hydrogens (tertiary/aromatic N) is 4. The van der Waals surface area contributed by atoms with Crippen molar-refractivity contribution < 1.29 is 9.18 Å². The molecule has 2 heterocycles. The summed E-state index contributed by atoms with van der Waals surface area (Å²) in [6.45, 7) is 6.64. The van der Waals surface area contributed by atoms with Crippen molar-refractivity contribution in [3.8, 4) is 0 Å². The van der Waals surface area contributed by atoms with E-state index in [2.05, 4.69) is 15.2 Å². The van der Waals surface area contributed by atoms with Gasteiger partial charge in [0, 0.05) is 49.4 Å². The Morgan fingerprint density at radius 1 is 1.00 bits per heavy atom. The number of aryl methyl sites for hydroxylation is 2. The molecule has 0 atom stereocenters. The van der Waals surface area contributed by atoms with Gasteiger partial charge in [-0.25, -0.2) is 19.2 Å². The second-order valence-electron chi connectivity index (χ2n) is 11.5. The molecule has 2 amide bonds. The van der Waals surface area contributed by atoms with Crippen LogP contribution < -0.4 is 10.2 Å². The van der Waals surface area contributed by atoms with Gasteiger partial charge in [0.15, 0.2) is 0 Å². The lowest BCUT2D eigenvalue weighted by molar-refractivity contribution is -0.0157. The molecule has 7 rings (SSSR count). The van der Waals surface area contributed by atoms with Crippen LogP contribution in [0.15, 0.2) is 24.3 Å².